The molecule has 4 heteroatoms. The maximum Gasteiger partial charge on any atom is 0.234 e. The molecule has 2 amide bonds. The van der Waals surface area contributed by atoms with Crippen molar-refractivity contribution in [2.75, 3.05) is 0 Å². The Hall–Kier alpha value is -2.23. The predicted molar refractivity (Wildman–Crippen MR) is 84.9 cm³/mol. The number of allylic oxidation sites excluding steroid dienone is 7. The molecule has 22 heavy (non-hydrogen) atoms. The molecule has 1 heterocycles. The Kier molecular flexibility index (Phi) is 4.91. The average molecular weight is 299 g/mol. The van der Waals surface area contributed by atoms with Crippen LogP contribution in [0.4, 0.5) is 0 Å². The second-order valence-corrected chi connectivity index (χ2v) is 5.94. The van der Waals surface area contributed by atoms with Crippen molar-refractivity contribution in [3.8, 4) is 0 Å². The summed E-state index contributed by atoms with van der Waals surface area (Å²) in [5, 5.41) is 2.40. The van der Waals surface area contributed by atoms with Gasteiger partial charge in [0.1, 0.15) is 0 Å². The first-order valence-electron chi connectivity index (χ1n) is 7.49. The number of imide groups is 1. The molecular formula is C18H21NO3. The van der Waals surface area contributed by atoms with Crippen LogP contribution < -0.4 is 5.32 Å². The lowest BCUT2D eigenvalue weighted by Gasteiger charge is -2.24. The number of rotatable bonds is 3. The van der Waals surface area contributed by atoms with Gasteiger partial charge >= 0.3 is 0 Å². The molecule has 1 saturated heterocycles. The Morgan fingerprint density at radius 2 is 2.00 bits per heavy atom. The van der Waals surface area contributed by atoms with Gasteiger partial charge in [0.05, 0.1) is 5.92 Å². The van der Waals surface area contributed by atoms with Crippen molar-refractivity contribution >= 4 is 17.6 Å². The molecule has 0 aromatic rings. The fourth-order valence-electron chi connectivity index (χ4n) is 2.73. The number of hydrogen-bond donors (Lipinski definition) is 1. The normalized spacial score (nSPS) is 23.1. The van der Waals surface area contributed by atoms with Crippen LogP contribution in [0.2, 0.25) is 0 Å². The largest absolute Gasteiger partial charge is 0.296 e. The van der Waals surface area contributed by atoms with Gasteiger partial charge in [-0.2, -0.15) is 0 Å². The number of carbonyl (C=O) groups is 3. The van der Waals surface area contributed by atoms with Crippen LogP contribution in [-0.2, 0) is 14.4 Å². The zero-order valence-corrected chi connectivity index (χ0v) is 13.2. The fraction of sp³-hybridized carbons (Fsp3) is 0.389. The Bertz CT molecular complexity index is 643. The quantitative estimate of drug-likeness (QED) is 0.815. The van der Waals surface area contributed by atoms with E-state index in [0.29, 0.717) is 18.4 Å². The summed E-state index contributed by atoms with van der Waals surface area (Å²) in [5.74, 6) is -0.704. The highest BCUT2D eigenvalue weighted by atomic mass is 16.2. The number of piperidine rings is 1. The van der Waals surface area contributed by atoms with E-state index in [1.807, 2.05) is 38.2 Å². The molecule has 0 aromatic carbocycles. The van der Waals surface area contributed by atoms with Crippen molar-refractivity contribution < 1.29 is 14.4 Å². The van der Waals surface area contributed by atoms with E-state index in [-0.39, 0.29) is 23.5 Å². The van der Waals surface area contributed by atoms with Crippen molar-refractivity contribution in [1.82, 2.24) is 5.32 Å². The second-order valence-electron chi connectivity index (χ2n) is 5.94. The molecule has 2 aliphatic rings. The van der Waals surface area contributed by atoms with Gasteiger partial charge < -0.3 is 0 Å². The van der Waals surface area contributed by atoms with Gasteiger partial charge in [-0.15, -0.1) is 0 Å². The van der Waals surface area contributed by atoms with Crippen molar-refractivity contribution in [2.45, 2.75) is 40.0 Å². The Morgan fingerprint density at radius 1 is 1.27 bits per heavy atom. The highest BCUT2D eigenvalue weighted by Gasteiger charge is 2.29. The van der Waals surface area contributed by atoms with Gasteiger partial charge in [-0.25, -0.2) is 0 Å². The Balaban J connectivity index is 2.31. The maximum absolute atomic E-state index is 12.1. The van der Waals surface area contributed by atoms with E-state index >= 15 is 0 Å². The highest BCUT2D eigenvalue weighted by Crippen LogP contribution is 2.28. The molecule has 1 atom stereocenters. The van der Waals surface area contributed by atoms with Crippen LogP contribution in [-0.4, -0.2) is 17.6 Å². The zero-order valence-electron chi connectivity index (χ0n) is 13.2. The number of Topliss-reactive ketones (excluding diaryl/α,β-unsaturated/α-hetero) is 1. The van der Waals surface area contributed by atoms with Gasteiger partial charge in [0, 0.05) is 12.0 Å². The summed E-state index contributed by atoms with van der Waals surface area (Å²) >= 11 is 0. The van der Waals surface area contributed by atoms with Crippen molar-refractivity contribution in [2.24, 2.45) is 5.92 Å². The number of ketones is 1. The molecule has 1 fully saturated rings. The monoisotopic (exact) mass is 299 g/mol. The second kappa shape index (κ2) is 6.69. The fourth-order valence-corrected chi connectivity index (χ4v) is 2.73. The first-order chi connectivity index (χ1) is 10.4. The van der Waals surface area contributed by atoms with E-state index in [1.54, 1.807) is 6.92 Å². The van der Waals surface area contributed by atoms with E-state index in [0.717, 1.165) is 23.1 Å². The lowest BCUT2D eigenvalue weighted by molar-refractivity contribution is -0.135. The smallest absolute Gasteiger partial charge is 0.234 e. The van der Waals surface area contributed by atoms with Gasteiger partial charge in [0.15, 0.2) is 5.78 Å². The summed E-state index contributed by atoms with van der Waals surface area (Å²) in [6.45, 7) is 5.47. The van der Waals surface area contributed by atoms with E-state index in [4.69, 9.17) is 0 Å². The summed E-state index contributed by atoms with van der Waals surface area (Å²) < 4.78 is 0. The molecule has 1 aliphatic carbocycles. The molecular weight excluding hydrogens is 278 g/mol. The molecule has 116 valence electrons. The molecule has 0 aromatic heterocycles. The molecule has 1 N–H and O–H groups in total. The first-order valence-corrected chi connectivity index (χ1v) is 7.49. The van der Waals surface area contributed by atoms with Crippen molar-refractivity contribution in [3.63, 3.8) is 0 Å². The van der Waals surface area contributed by atoms with E-state index in [2.05, 4.69) is 5.32 Å². The molecule has 0 spiro atoms. The molecule has 0 saturated carbocycles. The molecule has 1 aliphatic heterocycles. The lowest BCUT2D eigenvalue weighted by Crippen LogP contribution is -2.41. The molecule has 1 unspecified atom stereocenters. The van der Waals surface area contributed by atoms with E-state index in [9.17, 15) is 14.4 Å². The number of hydrogen-bond acceptors (Lipinski definition) is 3. The summed E-state index contributed by atoms with van der Waals surface area (Å²) in [4.78, 5) is 34.9. The van der Waals surface area contributed by atoms with Crippen LogP contribution >= 0.6 is 0 Å². The highest BCUT2D eigenvalue weighted by molar-refractivity contribution is 6.00. The van der Waals surface area contributed by atoms with Crippen LogP contribution in [0.3, 0.4) is 0 Å². The molecule has 2 rings (SSSR count). The van der Waals surface area contributed by atoms with Crippen LogP contribution in [0.1, 0.15) is 40.0 Å². The van der Waals surface area contributed by atoms with E-state index < -0.39 is 0 Å². The van der Waals surface area contributed by atoms with E-state index in [1.165, 1.54) is 0 Å². The molecule has 0 bridgehead atoms. The first kappa shape index (κ1) is 16.1. The lowest BCUT2D eigenvalue weighted by atomic mass is 9.85. The molecule has 0 radical (unpaired) electrons. The summed E-state index contributed by atoms with van der Waals surface area (Å²) in [5.41, 5.74) is 3.67. The topological polar surface area (TPSA) is 63.2 Å². The minimum absolute atomic E-state index is 0.0293. The van der Waals surface area contributed by atoms with Crippen molar-refractivity contribution in [1.29, 1.82) is 0 Å². The Labute approximate surface area is 130 Å². The maximum atomic E-state index is 12.1. The third-order valence-corrected chi connectivity index (χ3v) is 3.93. The Morgan fingerprint density at radius 3 is 2.59 bits per heavy atom. The third-order valence-electron chi connectivity index (χ3n) is 3.93. The number of carbonyl (C=O) groups excluding carboxylic acids is 3. The van der Waals surface area contributed by atoms with Gasteiger partial charge in [-0.1, -0.05) is 23.8 Å². The molecule has 4 nitrogen and oxygen atoms in total. The SMILES string of the molecule is CC(=O)C1=C/C(=C/C(=C(C)C)C2CCC(=O)NC2=O)CC=C1. The minimum Gasteiger partial charge on any atom is -0.296 e. The van der Waals surface area contributed by atoms with Crippen LogP contribution in [0.15, 0.2) is 46.6 Å². The van der Waals surface area contributed by atoms with Gasteiger partial charge in [-0.3, -0.25) is 19.7 Å². The van der Waals surface area contributed by atoms with Crippen molar-refractivity contribution in [3.05, 3.63) is 46.6 Å². The number of amides is 2. The van der Waals surface area contributed by atoms with Gasteiger partial charge in [0.25, 0.3) is 0 Å². The van der Waals surface area contributed by atoms with Crippen LogP contribution in [0.5, 0.6) is 0 Å². The number of nitrogens with one attached hydrogen (secondary N) is 1. The summed E-state index contributed by atoms with van der Waals surface area (Å²) in [6, 6.07) is 0. The third kappa shape index (κ3) is 3.70. The predicted octanol–water partition coefficient (Wildman–Crippen LogP) is 2.78. The summed E-state index contributed by atoms with van der Waals surface area (Å²) in [7, 11) is 0. The summed E-state index contributed by atoms with van der Waals surface area (Å²) in [6.07, 6.45) is 9.28. The van der Waals surface area contributed by atoms with Gasteiger partial charge in [-0.05, 0) is 50.8 Å². The zero-order chi connectivity index (χ0) is 16.3. The van der Waals surface area contributed by atoms with Crippen LogP contribution in [0, 0.1) is 5.92 Å². The van der Waals surface area contributed by atoms with Crippen LogP contribution in [0.25, 0.3) is 0 Å². The van der Waals surface area contributed by atoms with Gasteiger partial charge in [0.2, 0.25) is 11.8 Å². The minimum atomic E-state index is -0.296. The standard InChI is InChI=1S/C18H21NO3/c1-11(2)16(15-7-8-17(21)19-18(15)22)10-13-5-4-6-14(9-13)12(3)20/h4,6,9-10,15H,5,7-8H2,1-3H3,(H,19,21,22)/b13-10+. The average Bonchev–Trinajstić information content (AvgIpc) is 2.45.